The molecule has 1 aliphatic rings. The highest BCUT2D eigenvalue weighted by Crippen LogP contribution is 2.09. The van der Waals surface area contributed by atoms with E-state index in [0.717, 1.165) is 12.8 Å². The number of hydrogen-bond donors (Lipinski definition) is 0. The summed E-state index contributed by atoms with van der Waals surface area (Å²) < 4.78 is 0. The molecule has 12 heavy (non-hydrogen) atoms. The molecule has 2 amide bonds. The van der Waals surface area contributed by atoms with Crippen molar-refractivity contribution in [1.29, 1.82) is 0 Å². The van der Waals surface area contributed by atoms with E-state index in [2.05, 4.69) is 0 Å². The summed E-state index contributed by atoms with van der Waals surface area (Å²) in [5.41, 5.74) is 0. The lowest BCUT2D eigenvalue weighted by Crippen LogP contribution is -2.30. The second-order valence-electron chi connectivity index (χ2n) is 2.80. The van der Waals surface area contributed by atoms with Crippen LogP contribution in [-0.2, 0) is 9.59 Å². The topological polar surface area (TPSA) is 37.4 Å². The molecule has 1 fully saturated rings. The third-order valence-electron chi connectivity index (χ3n) is 1.84. The Hall–Kier alpha value is -1.12. The van der Waals surface area contributed by atoms with E-state index in [0.29, 0.717) is 13.0 Å². The average Bonchev–Trinajstić information content (AvgIpc) is 2.47. The standard InChI is InChI=1S/C9H13NO2/c1-2-3-5-8(11)10-7-4-6-9(10)12/h3,5H,2,4,6-7H2,1H3/b5-3+. The van der Waals surface area contributed by atoms with Crippen molar-refractivity contribution in [3.8, 4) is 0 Å². The molecule has 0 N–H and O–H groups in total. The molecule has 1 rings (SSSR count). The quantitative estimate of drug-likeness (QED) is 0.577. The molecule has 0 aliphatic carbocycles. The fraction of sp³-hybridized carbons (Fsp3) is 0.556. The summed E-state index contributed by atoms with van der Waals surface area (Å²) in [5, 5.41) is 0. The minimum Gasteiger partial charge on any atom is -0.279 e. The maximum atomic E-state index is 11.2. The zero-order valence-electron chi connectivity index (χ0n) is 7.25. The summed E-state index contributed by atoms with van der Waals surface area (Å²) in [6.07, 6.45) is 5.40. The van der Waals surface area contributed by atoms with Gasteiger partial charge in [-0.3, -0.25) is 14.5 Å². The van der Waals surface area contributed by atoms with Gasteiger partial charge in [-0.15, -0.1) is 0 Å². The molecule has 3 heteroatoms. The SMILES string of the molecule is CC/C=C/C(=O)N1CCCC1=O. The van der Waals surface area contributed by atoms with Gasteiger partial charge in [0, 0.05) is 13.0 Å². The highest BCUT2D eigenvalue weighted by Gasteiger charge is 2.24. The van der Waals surface area contributed by atoms with Gasteiger partial charge in [-0.25, -0.2) is 0 Å². The molecule has 0 radical (unpaired) electrons. The van der Waals surface area contributed by atoms with E-state index < -0.39 is 0 Å². The van der Waals surface area contributed by atoms with Crippen LogP contribution < -0.4 is 0 Å². The largest absolute Gasteiger partial charge is 0.279 e. The molecule has 0 aromatic rings. The average molecular weight is 167 g/mol. The molecule has 0 spiro atoms. The van der Waals surface area contributed by atoms with Gasteiger partial charge >= 0.3 is 0 Å². The van der Waals surface area contributed by atoms with Crippen LogP contribution in [0.3, 0.4) is 0 Å². The summed E-state index contributed by atoms with van der Waals surface area (Å²) in [7, 11) is 0. The number of carbonyl (C=O) groups excluding carboxylic acids is 2. The second-order valence-corrected chi connectivity index (χ2v) is 2.80. The highest BCUT2D eigenvalue weighted by molar-refractivity contribution is 6.01. The monoisotopic (exact) mass is 167 g/mol. The number of likely N-dealkylation sites (tertiary alicyclic amines) is 1. The van der Waals surface area contributed by atoms with Crippen molar-refractivity contribution in [3.05, 3.63) is 12.2 Å². The van der Waals surface area contributed by atoms with Crippen LogP contribution in [-0.4, -0.2) is 23.3 Å². The third-order valence-corrected chi connectivity index (χ3v) is 1.84. The second kappa shape index (κ2) is 4.04. The van der Waals surface area contributed by atoms with Crippen LogP contribution in [0, 0.1) is 0 Å². The number of hydrogen-bond acceptors (Lipinski definition) is 2. The minimum atomic E-state index is -0.167. The normalized spacial score (nSPS) is 17.8. The fourth-order valence-electron chi connectivity index (χ4n) is 1.19. The molecule has 3 nitrogen and oxygen atoms in total. The molecular weight excluding hydrogens is 154 g/mol. The number of rotatable bonds is 2. The lowest BCUT2D eigenvalue weighted by atomic mass is 10.4. The number of imide groups is 1. The Kier molecular flexibility index (Phi) is 3.02. The van der Waals surface area contributed by atoms with Crippen molar-refractivity contribution in [3.63, 3.8) is 0 Å². The van der Waals surface area contributed by atoms with Gasteiger partial charge < -0.3 is 0 Å². The van der Waals surface area contributed by atoms with Gasteiger partial charge in [0.25, 0.3) is 5.91 Å². The molecule has 1 heterocycles. The molecule has 0 saturated carbocycles. The van der Waals surface area contributed by atoms with E-state index in [1.165, 1.54) is 11.0 Å². The van der Waals surface area contributed by atoms with Gasteiger partial charge in [0.2, 0.25) is 5.91 Å². The molecule has 0 unspecified atom stereocenters. The van der Waals surface area contributed by atoms with Crippen LogP contribution in [0.15, 0.2) is 12.2 Å². The Morgan fingerprint density at radius 1 is 1.67 bits per heavy atom. The molecule has 1 saturated heterocycles. The number of carbonyl (C=O) groups is 2. The zero-order valence-corrected chi connectivity index (χ0v) is 7.25. The Labute approximate surface area is 72.0 Å². The molecule has 0 aromatic carbocycles. The Balaban J connectivity index is 2.52. The molecule has 0 aromatic heterocycles. The maximum absolute atomic E-state index is 11.2. The van der Waals surface area contributed by atoms with Crippen LogP contribution in [0.5, 0.6) is 0 Å². The van der Waals surface area contributed by atoms with Crippen LogP contribution >= 0.6 is 0 Å². The predicted octanol–water partition coefficient (Wildman–Crippen LogP) is 1.10. The minimum absolute atomic E-state index is 0.0410. The predicted molar refractivity (Wildman–Crippen MR) is 45.4 cm³/mol. The van der Waals surface area contributed by atoms with Gasteiger partial charge in [0.05, 0.1) is 0 Å². The van der Waals surface area contributed by atoms with Crippen LogP contribution in [0.2, 0.25) is 0 Å². The summed E-state index contributed by atoms with van der Waals surface area (Å²) in [6, 6.07) is 0. The van der Waals surface area contributed by atoms with E-state index in [9.17, 15) is 9.59 Å². The van der Waals surface area contributed by atoms with Crippen molar-refractivity contribution in [2.45, 2.75) is 26.2 Å². The fourth-order valence-corrected chi connectivity index (χ4v) is 1.19. The summed E-state index contributed by atoms with van der Waals surface area (Å²) in [5.74, 6) is -0.208. The third kappa shape index (κ3) is 1.94. The number of amides is 2. The lowest BCUT2D eigenvalue weighted by molar-refractivity contribution is -0.138. The van der Waals surface area contributed by atoms with E-state index in [1.807, 2.05) is 6.92 Å². The van der Waals surface area contributed by atoms with E-state index in [4.69, 9.17) is 0 Å². The molecule has 0 bridgehead atoms. The smallest absolute Gasteiger partial charge is 0.252 e. The van der Waals surface area contributed by atoms with Gasteiger partial charge in [-0.05, 0) is 18.9 Å². The van der Waals surface area contributed by atoms with E-state index in [1.54, 1.807) is 6.08 Å². The maximum Gasteiger partial charge on any atom is 0.252 e. The van der Waals surface area contributed by atoms with E-state index in [-0.39, 0.29) is 11.8 Å². The molecule has 66 valence electrons. The Bertz CT molecular complexity index is 221. The highest BCUT2D eigenvalue weighted by atomic mass is 16.2. The first-order chi connectivity index (χ1) is 5.75. The first-order valence-corrected chi connectivity index (χ1v) is 4.26. The van der Waals surface area contributed by atoms with Crippen molar-refractivity contribution < 1.29 is 9.59 Å². The summed E-state index contributed by atoms with van der Waals surface area (Å²) in [4.78, 5) is 23.6. The van der Waals surface area contributed by atoms with Crippen molar-refractivity contribution in [2.75, 3.05) is 6.54 Å². The van der Waals surface area contributed by atoms with Gasteiger partial charge in [0.15, 0.2) is 0 Å². The zero-order chi connectivity index (χ0) is 8.97. The Morgan fingerprint density at radius 3 is 2.92 bits per heavy atom. The molecular formula is C9H13NO2. The molecule has 0 atom stereocenters. The first-order valence-electron chi connectivity index (χ1n) is 4.26. The van der Waals surface area contributed by atoms with Crippen LogP contribution in [0.25, 0.3) is 0 Å². The van der Waals surface area contributed by atoms with Crippen molar-refractivity contribution >= 4 is 11.8 Å². The van der Waals surface area contributed by atoms with Crippen LogP contribution in [0.1, 0.15) is 26.2 Å². The van der Waals surface area contributed by atoms with Crippen molar-refractivity contribution in [2.24, 2.45) is 0 Å². The van der Waals surface area contributed by atoms with Gasteiger partial charge in [-0.2, -0.15) is 0 Å². The number of allylic oxidation sites excluding steroid dienone is 1. The Morgan fingerprint density at radius 2 is 2.42 bits per heavy atom. The molecule has 1 aliphatic heterocycles. The van der Waals surface area contributed by atoms with Gasteiger partial charge in [-0.1, -0.05) is 13.0 Å². The summed E-state index contributed by atoms with van der Waals surface area (Å²) >= 11 is 0. The lowest BCUT2D eigenvalue weighted by Gasteiger charge is -2.09. The van der Waals surface area contributed by atoms with Gasteiger partial charge in [0.1, 0.15) is 0 Å². The van der Waals surface area contributed by atoms with E-state index >= 15 is 0 Å². The number of nitrogens with zero attached hydrogens (tertiary/aromatic N) is 1. The van der Waals surface area contributed by atoms with Crippen molar-refractivity contribution in [1.82, 2.24) is 4.90 Å². The van der Waals surface area contributed by atoms with Crippen LogP contribution in [0.4, 0.5) is 0 Å². The first kappa shape index (κ1) is 8.97. The summed E-state index contributed by atoms with van der Waals surface area (Å²) in [6.45, 7) is 2.54.